The average molecular weight is 210 g/mol. The van der Waals surface area contributed by atoms with Crippen molar-refractivity contribution in [3.05, 3.63) is 5.82 Å². The lowest BCUT2D eigenvalue weighted by Gasteiger charge is -2.31. The lowest BCUT2D eigenvalue weighted by atomic mass is 9.88. The monoisotopic (exact) mass is 210 g/mol. The number of hydrogen-bond donors (Lipinski definition) is 2. The van der Waals surface area contributed by atoms with Crippen molar-refractivity contribution in [2.24, 2.45) is 11.8 Å². The third-order valence-corrected chi connectivity index (χ3v) is 2.69. The fourth-order valence-corrected chi connectivity index (χ4v) is 1.45. The van der Waals surface area contributed by atoms with E-state index in [2.05, 4.69) is 20.8 Å². The number of nitrogens with one attached hydrogen (secondary N) is 2. The molecule has 0 bridgehead atoms. The molecule has 0 spiro atoms. The summed E-state index contributed by atoms with van der Waals surface area (Å²) >= 11 is 0. The van der Waals surface area contributed by atoms with E-state index in [1.54, 1.807) is 6.92 Å². The molecule has 1 amide bonds. The fourth-order valence-electron chi connectivity index (χ4n) is 1.45. The Balaban J connectivity index is 1.91. The number of aryl methyl sites for hydroxylation is 1. The zero-order valence-electron chi connectivity index (χ0n) is 8.78. The molecule has 0 aliphatic carbocycles. The molecule has 1 saturated heterocycles. The van der Waals surface area contributed by atoms with Crippen molar-refractivity contribution in [1.82, 2.24) is 15.5 Å². The van der Waals surface area contributed by atoms with Gasteiger partial charge in [0.25, 0.3) is 0 Å². The lowest BCUT2D eigenvalue weighted by molar-refractivity contribution is -0.121. The minimum atomic E-state index is -0.0647. The van der Waals surface area contributed by atoms with Crippen LogP contribution >= 0.6 is 0 Å². The van der Waals surface area contributed by atoms with E-state index >= 15 is 0 Å². The second-order valence-electron chi connectivity index (χ2n) is 3.84. The Morgan fingerprint density at radius 1 is 1.67 bits per heavy atom. The standard InChI is InChI=1S/C9H14N4O2/c1-5(7-3-10-4-7)8(14)12-9-11-6(2)13-15-9/h5,7,10H,3-4H2,1-2H3,(H,11,12,13,14). The van der Waals surface area contributed by atoms with Gasteiger partial charge in [-0.1, -0.05) is 12.1 Å². The van der Waals surface area contributed by atoms with Gasteiger partial charge in [-0.2, -0.15) is 4.98 Å². The number of nitrogens with zero attached hydrogens (tertiary/aromatic N) is 2. The van der Waals surface area contributed by atoms with Gasteiger partial charge in [0.1, 0.15) is 0 Å². The Labute approximate surface area is 87.4 Å². The highest BCUT2D eigenvalue weighted by Crippen LogP contribution is 2.17. The molecule has 0 radical (unpaired) electrons. The number of rotatable bonds is 3. The molecular formula is C9H14N4O2. The fraction of sp³-hybridized carbons (Fsp3) is 0.667. The van der Waals surface area contributed by atoms with Crippen LogP contribution in [0.2, 0.25) is 0 Å². The summed E-state index contributed by atoms with van der Waals surface area (Å²) in [4.78, 5) is 15.6. The third kappa shape index (κ3) is 2.15. The summed E-state index contributed by atoms with van der Waals surface area (Å²) in [7, 11) is 0. The van der Waals surface area contributed by atoms with Gasteiger partial charge in [0, 0.05) is 5.92 Å². The zero-order valence-corrected chi connectivity index (χ0v) is 8.78. The maximum atomic E-state index is 11.7. The van der Waals surface area contributed by atoms with Crippen molar-refractivity contribution < 1.29 is 9.32 Å². The molecule has 1 atom stereocenters. The summed E-state index contributed by atoms with van der Waals surface area (Å²) in [6, 6.07) is 0.177. The predicted molar refractivity (Wildman–Crippen MR) is 53.2 cm³/mol. The molecule has 6 heteroatoms. The Kier molecular flexibility index (Phi) is 2.68. The van der Waals surface area contributed by atoms with E-state index < -0.39 is 0 Å². The van der Waals surface area contributed by atoms with Crippen molar-refractivity contribution in [1.29, 1.82) is 0 Å². The smallest absolute Gasteiger partial charge is 0.316 e. The van der Waals surface area contributed by atoms with Crippen LogP contribution in [-0.2, 0) is 4.79 Å². The Morgan fingerprint density at radius 3 is 2.87 bits per heavy atom. The molecule has 1 aliphatic rings. The van der Waals surface area contributed by atoms with Gasteiger partial charge in [0.15, 0.2) is 5.82 Å². The SMILES string of the molecule is Cc1noc(NC(=O)C(C)C2CNC2)n1. The first-order chi connectivity index (χ1) is 7.16. The van der Waals surface area contributed by atoms with Gasteiger partial charge < -0.3 is 9.84 Å². The molecule has 15 heavy (non-hydrogen) atoms. The van der Waals surface area contributed by atoms with Crippen LogP contribution in [0.1, 0.15) is 12.7 Å². The number of aromatic nitrogens is 2. The minimum absolute atomic E-state index is 0.0292. The molecule has 1 aromatic rings. The quantitative estimate of drug-likeness (QED) is 0.743. The summed E-state index contributed by atoms with van der Waals surface area (Å²) in [6.45, 7) is 5.41. The van der Waals surface area contributed by atoms with Crippen molar-refractivity contribution in [3.63, 3.8) is 0 Å². The first-order valence-corrected chi connectivity index (χ1v) is 4.98. The second-order valence-corrected chi connectivity index (χ2v) is 3.84. The number of anilines is 1. The Bertz CT molecular complexity index is 359. The third-order valence-electron chi connectivity index (χ3n) is 2.69. The van der Waals surface area contributed by atoms with Crippen LogP contribution in [0.25, 0.3) is 0 Å². The van der Waals surface area contributed by atoms with E-state index in [0.717, 1.165) is 13.1 Å². The molecule has 1 aliphatic heterocycles. The molecular weight excluding hydrogens is 196 g/mol. The highest BCUT2D eigenvalue weighted by atomic mass is 16.5. The van der Waals surface area contributed by atoms with Crippen LogP contribution in [0.5, 0.6) is 0 Å². The van der Waals surface area contributed by atoms with E-state index in [1.165, 1.54) is 0 Å². The van der Waals surface area contributed by atoms with Gasteiger partial charge in [0.05, 0.1) is 0 Å². The maximum absolute atomic E-state index is 11.7. The lowest BCUT2D eigenvalue weighted by Crippen LogP contribution is -2.48. The first-order valence-electron chi connectivity index (χ1n) is 4.98. The van der Waals surface area contributed by atoms with Gasteiger partial charge in [-0.05, 0) is 25.9 Å². The molecule has 1 unspecified atom stereocenters. The molecule has 1 fully saturated rings. The van der Waals surface area contributed by atoms with Crippen LogP contribution in [0.15, 0.2) is 4.52 Å². The van der Waals surface area contributed by atoms with Gasteiger partial charge >= 0.3 is 6.01 Å². The van der Waals surface area contributed by atoms with E-state index in [1.807, 2.05) is 6.92 Å². The van der Waals surface area contributed by atoms with E-state index in [0.29, 0.717) is 11.7 Å². The van der Waals surface area contributed by atoms with Crippen molar-refractivity contribution >= 4 is 11.9 Å². The van der Waals surface area contributed by atoms with E-state index in [-0.39, 0.29) is 17.8 Å². The highest BCUT2D eigenvalue weighted by molar-refractivity contribution is 5.90. The summed E-state index contributed by atoms with van der Waals surface area (Å²) in [5.41, 5.74) is 0. The van der Waals surface area contributed by atoms with Gasteiger partial charge in [-0.25, -0.2) is 0 Å². The van der Waals surface area contributed by atoms with Crippen LogP contribution in [0.3, 0.4) is 0 Å². The minimum Gasteiger partial charge on any atom is -0.316 e. The van der Waals surface area contributed by atoms with Crippen LogP contribution in [-0.4, -0.2) is 29.1 Å². The molecule has 82 valence electrons. The predicted octanol–water partition coefficient (Wildman–Crippen LogP) is 0.172. The topological polar surface area (TPSA) is 80.0 Å². The van der Waals surface area contributed by atoms with Gasteiger partial charge in [-0.3, -0.25) is 10.1 Å². The van der Waals surface area contributed by atoms with Gasteiger partial charge in [-0.15, -0.1) is 0 Å². The van der Waals surface area contributed by atoms with Crippen LogP contribution in [0.4, 0.5) is 6.01 Å². The molecule has 1 aromatic heterocycles. The molecule has 0 aromatic carbocycles. The number of hydrogen-bond acceptors (Lipinski definition) is 5. The summed E-state index contributed by atoms with van der Waals surface area (Å²) in [6.07, 6.45) is 0. The first kappa shape index (κ1) is 10.1. The molecule has 6 nitrogen and oxygen atoms in total. The Hall–Kier alpha value is -1.43. The summed E-state index contributed by atoms with van der Waals surface area (Å²) in [5, 5.41) is 9.33. The normalized spacial score (nSPS) is 18.3. The molecule has 2 heterocycles. The number of carbonyl (C=O) groups is 1. The molecule has 2 N–H and O–H groups in total. The molecule has 2 rings (SSSR count). The summed E-state index contributed by atoms with van der Waals surface area (Å²) < 4.78 is 4.81. The van der Waals surface area contributed by atoms with Crippen LogP contribution < -0.4 is 10.6 Å². The number of amides is 1. The average Bonchev–Trinajstić information content (AvgIpc) is 2.48. The molecule has 0 saturated carbocycles. The van der Waals surface area contributed by atoms with E-state index in [9.17, 15) is 4.79 Å². The van der Waals surface area contributed by atoms with Crippen molar-refractivity contribution in [3.8, 4) is 0 Å². The van der Waals surface area contributed by atoms with Crippen molar-refractivity contribution in [2.75, 3.05) is 18.4 Å². The summed E-state index contributed by atoms with van der Waals surface area (Å²) in [5.74, 6) is 0.834. The highest BCUT2D eigenvalue weighted by Gasteiger charge is 2.29. The van der Waals surface area contributed by atoms with Crippen LogP contribution in [0, 0.1) is 18.8 Å². The largest absolute Gasteiger partial charge is 0.328 e. The number of carbonyl (C=O) groups excluding carboxylic acids is 1. The van der Waals surface area contributed by atoms with Crippen molar-refractivity contribution in [2.45, 2.75) is 13.8 Å². The maximum Gasteiger partial charge on any atom is 0.328 e. The zero-order chi connectivity index (χ0) is 10.8. The van der Waals surface area contributed by atoms with E-state index in [4.69, 9.17) is 4.52 Å². The Morgan fingerprint density at radius 2 is 2.40 bits per heavy atom. The second kappa shape index (κ2) is 3.98. The van der Waals surface area contributed by atoms with Gasteiger partial charge in [0.2, 0.25) is 5.91 Å².